The van der Waals surface area contributed by atoms with Crippen LogP contribution >= 0.6 is 11.3 Å². The molecule has 2 rings (SSSR count). The van der Waals surface area contributed by atoms with Gasteiger partial charge >= 0.3 is 0 Å². The standard InChI is InChI=1S/C9H7NOS/c1-6(11)8-4-10-5-9-7(8)2-3-12-9/h2-5H,1H3. The summed E-state index contributed by atoms with van der Waals surface area (Å²) in [5, 5.41) is 2.99. The van der Waals surface area contributed by atoms with Crippen molar-refractivity contribution < 1.29 is 4.79 Å². The van der Waals surface area contributed by atoms with Gasteiger partial charge in [0.15, 0.2) is 5.78 Å². The van der Waals surface area contributed by atoms with Crippen molar-refractivity contribution in [2.45, 2.75) is 6.92 Å². The highest BCUT2D eigenvalue weighted by Gasteiger charge is 2.05. The maximum absolute atomic E-state index is 11.1. The number of nitrogens with zero attached hydrogens (tertiary/aromatic N) is 1. The Morgan fingerprint density at radius 3 is 3.08 bits per heavy atom. The van der Waals surface area contributed by atoms with Gasteiger partial charge in [0.25, 0.3) is 0 Å². The summed E-state index contributed by atoms with van der Waals surface area (Å²) in [7, 11) is 0. The number of carbonyl (C=O) groups excluding carboxylic acids is 1. The third-order valence-electron chi connectivity index (χ3n) is 1.76. The molecule has 2 aromatic heterocycles. The van der Waals surface area contributed by atoms with Crippen LogP contribution in [0.15, 0.2) is 23.8 Å². The van der Waals surface area contributed by atoms with E-state index in [4.69, 9.17) is 0 Å². The molecule has 0 spiro atoms. The number of fused-ring (bicyclic) bond motifs is 1. The summed E-state index contributed by atoms with van der Waals surface area (Å²) in [6.07, 6.45) is 3.41. The first kappa shape index (κ1) is 7.43. The van der Waals surface area contributed by atoms with Gasteiger partial charge in [-0.05, 0) is 18.4 Å². The monoisotopic (exact) mass is 177 g/mol. The topological polar surface area (TPSA) is 30.0 Å². The molecule has 0 bridgehead atoms. The molecule has 12 heavy (non-hydrogen) atoms. The molecule has 60 valence electrons. The van der Waals surface area contributed by atoms with E-state index in [1.54, 1.807) is 30.7 Å². The van der Waals surface area contributed by atoms with Gasteiger partial charge in [-0.25, -0.2) is 0 Å². The molecule has 2 aromatic rings. The lowest BCUT2D eigenvalue weighted by Gasteiger charge is -1.95. The summed E-state index contributed by atoms with van der Waals surface area (Å²) in [5.41, 5.74) is 0.716. The SMILES string of the molecule is CC(=O)c1cncc2sccc12. The molecule has 0 saturated heterocycles. The molecule has 0 saturated carbocycles. The van der Waals surface area contributed by atoms with Crippen molar-refractivity contribution in [3.63, 3.8) is 0 Å². The van der Waals surface area contributed by atoms with Gasteiger partial charge in [0.2, 0.25) is 0 Å². The molecule has 0 atom stereocenters. The van der Waals surface area contributed by atoms with E-state index in [9.17, 15) is 4.79 Å². The fourth-order valence-electron chi connectivity index (χ4n) is 1.17. The summed E-state index contributed by atoms with van der Waals surface area (Å²) < 4.78 is 1.07. The normalized spacial score (nSPS) is 10.4. The molecule has 0 aromatic carbocycles. The smallest absolute Gasteiger partial charge is 0.162 e. The van der Waals surface area contributed by atoms with Crippen LogP contribution in [-0.2, 0) is 0 Å². The predicted molar refractivity (Wildman–Crippen MR) is 49.6 cm³/mol. The van der Waals surface area contributed by atoms with Crippen molar-refractivity contribution in [1.29, 1.82) is 0 Å². The minimum Gasteiger partial charge on any atom is -0.294 e. The summed E-state index contributed by atoms with van der Waals surface area (Å²) in [6, 6.07) is 1.96. The van der Waals surface area contributed by atoms with Gasteiger partial charge in [-0.1, -0.05) is 0 Å². The van der Waals surface area contributed by atoms with Crippen molar-refractivity contribution in [3.8, 4) is 0 Å². The van der Waals surface area contributed by atoms with E-state index in [0.29, 0.717) is 5.56 Å². The molecular weight excluding hydrogens is 170 g/mol. The van der Waals surface area contributed by atoms with Crippen LogP contribution in [0.2, 0.25) is 0 Å². The number of hydrogen-bond acceptors (Lipinski definition) is 3. The Balaban J connectivity index is 2.82. The van der Waals surface area contributed by atoms with Crippen LogP contribution in [0.25, 0.3) is 10.1 Å². The van der Waals surface area contributed by atoms with Crippen LogP contribution in [0, 0.1) is 0 Å². The first-order valence-corrected chi connectivity index (χ1v) is 4.49. The molecule has 0 aliphatic heterocycles. The van der Waals surface area contributed by atoms with E-state index in [-0.39, 0.29) is 5.78 Å². The van der Waals surface area contributed by atoms with E-state index in [1.165, 1.54) is 0 Å². The zero-order valence-corrected chi connectivity index (χ0v) is 7.39. The van der Waals surface area contributed by atoms with Crippen molar-refractivity contribution in [3.05, 3.63) is 29.4 Å². The van der Waals surface area contributed by atoms with Gasteiger partial charge in [0.05, 0.1) is 4.70 Å². The lowest BCUT2D eigenvalue weighted by Crippen LogP contribution is -1.92. The van der Waals surface area contributed by atoms with Gasteiger partial charge in [0, 0.05) is 23.3 Å². The first-order valence-electron chi connectivity index (χ1n) is 3.61. The molecule has 2 nitrogen and oxygen atoms in total. The Morgan fingerprint density at radius 2 is 2.33 bits per heavy atom. The molecule has 2 heterocycles. The highest BCUT2D eigenvalue weighted by Crippen LogP contribution is 2.22. The Bertz CT molecular complexity index is 433. The average Bonchev–Trinajstić information content (AvgIpc) is 2.49. The molecule has 0 N–H and O–H groups in total. The van der Waals surface area contributed by atoms with E-state index in [0.717, 1.165) is 10.1 Å². The highest BCUT2D eigenvalue weighted by atomic mass is 32.1. The number of rotatable bonds is 1. The van der Waals surface area contributed by atoms with E-state index < -0.39 is 0 Å². The summed E-state index contributed by atoms with van der Waals surface area (Å²) in [6.45, 7) is 1.56. The van der Waals surface area contributed by atoms with Crippen molar-refractivity contribution >= 4 is 27.2 Å². The third kappa shape index (κ3) is 1.02. The fraction of sp³-hybridized carbons (Fsp3) is 0.111. The van der Waals surface area contributed by atoms with E-state index >= 15 is 0 Å². The molecule has 0 amide bonds. The Labute approximate surface area is 73.9 Å². The predicted octanol–water partition coefficient (Wildman–Crippen LogP) is 2.50. The van der Waals surface area contributed by atoms with Gasteiger partial charge in [-0.15, -0.1) is 11.3 Å². The van der Waals surface area contributed by atoms with E-state index in [1.807, 2.05) is 11.4 Å². The quantitative estimate of drug-likeness (QED) is 0.626. The fourth-order valence-corrected chi connectivity index (χ4v) is 1.95. The second-order valence-electron chi connectivity index (χ2n) is 2.58. The number of thiophene rings is 1. The summed E-state index contributed by atoms with van der Waals surface area (Å²) >= 11 is 1.60. The number of hydrogen-bond donors (Lipinski definition) is 0. The summed E-state index contributed by atoms with van der Waals surface area (Å²) in [5.74, 6) is 0.0755. The second kappa shape index (κ2) is 2.68. The number of carbonyl (C=O) groups is 1. The molecule has 0 aliphatic rings. The average molecular weight is 177 g/mol. The lowest BCUT2D eigenvalue weighted by atomic mass is 10.1. The number of pyridine rings is 1. The highest BCUT2D eigenvalue weighted by molar-refractivity contribution is 7.17. The number of ketones is 1. The van der Waals surface area contributed by atoms with Crippen molar-refractivity contribution in [2.24, 2.45) is 0 Å². The molecule has 0 aliphatic carbocycles. The third-order valence-corrected chi connectivity index (χ3v) is 2.61. The zero-order chi connectivity index (χ0) is 8.55. The zero-order valence-electron chi connectivity index (χ0n) is 6.57. The van der Waals surface area contributed by atoms with Crippen LogP contribution < -0.4 is 0 Å². The minimum absolute atomic E-state index is 0.0755. The van der Waals surface area contributed by atoms with Crippen LogP contribution in [0.3, 0.4) is 0 Å². The van der Waals surface area contributed by atoms with Crippen LogP contribution in [0.5, 0.6) is 0 Å². The van der Waals surface area contributed by atoms with Gasteiger partial charge in [0.1, 0.15) is 0 Å². The lowest BCUT2D eigenvalue weighted by molar-refractivity contribution is 0.101. The first-order chi connectivity index (χ1) is 5.79. The summed E-state index contributed by atoms with van der Waals surface area (Å²) in [4.78, 5) is 15.1. The molecule has 3 heteroatoms. The molecular formula is C9H7NOS. The minimum atomic E-state index is 0.0755. The second-order valence-corrected chi connectivity index (χ2v) is 3.52. The van der Waals surface area contributed by atoms with Gasteiger partial charge in [-0.2, -0.15) is 0 Å². The van der Waals surface area contributed by atoms with Crippen molar-refractivity contribution in [1.82, 2.24) is 4.98 Å². The largest absolute Gasteiger partial charge is 0.294 e. The van der Waals surface area contributed by atoms with Crippen LogP contribution in [-0.4, -0.2) is 10.8 Å². The maximum Gasteiger partial charge on any atom is 0.162 e. The van der Waals surface area contributed by atoms with Gasteiger partial charge in [-0.3, -0.25) is 9.78 Å². The number of Topliss-reactive ketones (excluding diaryl/α,β-unsaturated/α-hetero) is 1. The molecule has 0 fully saturated rings. The van der Waals surface area contributed by atoms with E-state index in [2.05, 4.69) is 4.98 Å². The molecule has 0 radical (unpaired) electrons. The Morgan fingerprint density at radius 1 is 1.50 bits per heavy atom. The molecule has 0 unspecified atom stereocenters. The maximum atomic E-state index is 11.1. The van der Waals surface area contributed by atoms with Crippen molar-refractivity contribution in [2.75, 3.05) is 0 Å². The Hall–Kier alpha value is -1.22. The Kier molecular flexibility index (Phi) is 1.66. The van der Waals surface area contributed by atoms with Gasteiger partial charge < -0.3 is 0 Å². The van der Waals surface area contributed by atoms with Crippen LogP contribution in [0.1, 0.15) is 17.3 Å². The van der Waals surface area contributed by atoms with Crippen LogP contribution in [0.4, 0.5) is 0 Å². The number of aromatic nitrogens is 1.